The van der Waals surface area contributed by atoms with Crippen molar-refractivity contribution in [3.05, 3.63) is 24.3 Å². The molecular formula is C15H22N2O. The lowest BCUT2D eigenvalue weighted by Crippen LogP contribution is -2.48. The first kappa shape index (κ1) is 11.8. The van der Waals surface area contributed by atoms with Crippen LogP contribution in [0.5, 0.6) is 5.75 Å². The molecule has 2 N–H and O–H groups in total. The predicted octanol–water partition coefficient (Wildman–Crippen LogP) is 2.22. The second kappa shape index (κ2) is 5.19. The van der Waals surface area contributed by atoms with Gasteiger partial charge in [0.1, 0.15) is 5.75 Å². The molecule has 2 aliphatic rings. The Morgan fingerprint density at radius 2 is 1.83 bits per heavy atom. The van der Waals surface area contributed by atoms with Crippen LogP contribution in [0, 0.1) is 11.8 Å². The number of hydrogen-bond donors (Lipinski definition) is 2. The average molecular weight is 246 g/mol. The molecule has 3 heteroatoms. The maximum atomic E-state index is 9.80. The van der Waals surface area contributed by atoms with E-state index in [1.165, 1.54) is 32.4 Å². The zero-order valence-electron chi connectivity index (χ0n) is 10.8. The highest BCUT2D eigenvalue weighted by atomic mass is 16.3. The van der Waals surface area contributed by atoms with Crippen LogP contribution >= 0.6 is 0 Å². The molecule has 0 bridgehead atoms. The summed E-state index contributed by atoms with van der Waals surface area (Å²) in [7, 11) is 0. The third-order valence-electron chi connectivity index (χ3n) is 4.30. The molecule has 3 nitrogen and oxygen atoms in total. The van der Waals surface area contributed by atoms with E-state index in [9.17, 15) is 5.11 Å². The van der Waals surface area contributed by atoms with E-state index in [1.807, 2.05) is 18.2 Å². The molecule has 2 aliphatic heterocycles. The number of para-hydroxylation sites is 2. The standard InChI is InChI=1S/C15H22N2O/c18-15-4-2-1-3-14(15)17-10-13(11-17)9-12-5-7-16-8-6-12/h1-4,12-13,16,18H,5-11H2. The van der Waals surface area contributed by atoms with Gasteiger partial charge in [0.2, 0.25) is 0 Å². The van der Waals surface area contributed by atoms with Gasteiger partial charge in [0.25, 0.3) is 0 Å². The van der Waals surface area contributed by atoms with Gasteiger partial charge < -0.3 is 15.3 Å². The van der Waals surface area contributed by atoms with Gasteiger partial charge in [-0.3, -0.25) is 0 Å². The molecule has 98 valence electrons. The minimum atomic E-state index is 0.415. The van der Waals surface area contributed by atoms with E-state index in [0.29, 0.717) is 5.75 Å². The Morgan fingerprint density at radius 1 is 1.11 bits per heavy atom. The van der Waals surface area contributed by atoms with Gasteiger partial charge in [0, 0.05) is 13.1 Å². The van der Waals surface area contributed by atoms with E-state index in [2.05, 4.69) is 10.2 Å². The smallest absolute Gasteiger partial charge is 0.138 e. The summed E-state index contributed by atoms with van der Waals surface area (Å²) in [6, 6.07) is 7.66. The molecule has 2 saturated heterocycles. The molecule has 1 aromatic carbocycles. The third kappa shape index (κ3) is 2.46. The molecule has 1 aromatic rings. The van der Waals surface area contributed by atoms with Gasteiger partial charge in [-0.2, -0.15) is 0 Å². The highest BCUT2D eigenvalue weighted by molar-refractivity contribution is 5.59. The van der Waals surface area contributed by atoms with Crippen LogP contribution in [-0.4, -0.2) is 31.3 Å². The minimum Gasteiger partial charge on any atom is -0.506 e. The topological polar surface area (TPSA) is 35.5 Å². The van der Waals surface area contributed by atoms with E-state index in [0.717, 1.165) is 30.6 Å². The van der Waals surface area contributed by atoms with Gasteiger partial charge in [0.15, 0.2) is 0 Å². The fraction of sp³-hybridized carbons (Fsp3) is 0.600. The zero-order chi connectivity index (χ0) is 12.4. The van der Waals surface area contributed by atoms with Crippen LogP contribution in [0.25, 0.3) is 0 Å². The highest BCUT2D eigenvalue weighted by Crippen LogP contribution is 2.35. The number of piperidine rings is 1. The lowest BCUT2D eigenvalue weighted by atomic mass is 9.84. The van der Waals surface area contributed by atoms with Gasteiger partial charge in [-0.1, -0.05) is 12.1 Å². The molecule has 0 unspecified atom stereocenters. The zero-order valence-corrected chi connectivity index (χ0v) is 10.8. The quantitative estimate of drug-likeness (QED) is 0.858. The molecule has 0 amide bonds. The molecular weight excluding hydrogens is 224 g/mol. The summed E-state index contributed by atoms with van der Waals surface area (Å²) in [5.41, 5.74) is 0.999. The van der Waals surface area contributed by atoms with E-state index in [4.69, 9.17) is 0 Å². The normalized spacial score (nSPS) is 21.9. The maximum absolute atomic E-state index is 9.80. The van der Waals surface area contributed by atoms with Crippen molar-refractivity contribution < 1.29 is 5.11 Å². The van der Waals surface area contributed by atoms with E-state index >= 15 is 0 Å². The van der Waals surface area contributed by atoms with Crippen molar-refractivity contribution in [2.45, 2.75) is 19.3 Å². The number of phenols is 1. The Morgan fingerprint density at radius 3 is 2.56 bits per heavy atom. The van der Waals surface area contributed by atoms with Crippen molar-refractivity contribution in [1.29, 1.82) is 0 Å². The van der Waals surface area contributed by atoms with Gasteiger partial charge >= 0.3 is 0 Å². The number of nitrogens with zero attached hydrogens (tertiary/aromatic N) is 1. The van der Waals surface area contributed by atoms with Crippen LogP contribution in [-0.2, 0) is 0 Å². The van der Waals surface area contributed by atoms with Gasteiger partial charge in [-0.15, -0.1) is 0 Å². The second-order valence-electron chi connectivity index (χ2n) is 5.69. The molecule has 0 aromatic heterocycles. The molecule has 0 aliphatic carbocycles. The first-order valence-electron chi connectivity index (χ1n) is 7.06. The minimum absolute atomic E-state index is 0.415. The monoisotopic (exact) mass is 246 g/mol. The molecule has 0 radical (unpaired) electrons. The molecule has 0 atom stereocenters. The van der Waals surface area contributed by atoms with Gasteiger partial charge in [-0.05, 0) is 56.3 Å². The summed E-state index contributed by atoms with van der Waals surface area (Å²) in [6.45, 7) is 4.62. The summed E-state index contributed by atoms with van der Waals surface area (Å²) in [4.78, 5) is 2.29. The number of benzene rings is 1. The Kier molecular flexibility index (Phi) is 3.41. The SMILES string of the molecule is Oc1ccccc1N1CC(CC2CCNCC2)C1. The summed E-state index contributed by atoms with van der Waals surface area (Å²) in [6.07, 6.45) is 4.05. The molecule has 3 rings (SSSR count). The van der Waals surface area contributed by atoms with Crippen molar-refractivity contribution in [3.8, 4) is 5.75 Å². The molecule has 2 fully saturated rings. The lowest BCUT2D eigenvalue weighted by Gasteiger charge is -2.43. The van der Waals surface area contributed by atoms with Crippen LogP contribution in [0.3, 0.4) is 0 Å². The Bertz CT molecular complexity index is 395. The predicted molar refractivity (Wildman–Crippen MR) is 74.0 cm³/mol. The van der Waals surface area contributed by atoms with Crippen LogP contribution in [0.15, 0.2) is 24.3 Å². The van der Waals surface area contributed by atoms with E-state index in [1.54, 1.807) is 6.07 Å². The van der Waals surface area contributed by atoms with E-state index in [-0.39, 0.29) is 0 Å². The Balaban J connectivity index is 1.49. The van der Waals surface area contributed by atoms with Crippen LogP contribution in [0.1, 0.15) is 19.3 Å². The number of aromatic hydroxyl groups is 1. The molecule has 2 heterocycles. The first-order valence-corrected chi connectivity index (χ1v) is 7.06. The molecule has 0 saturated carbocycles. The van der Waals surface area contributed by atoms with Crippen molar-refractivity contribution in [1.82, 2.24) is 5.32 Å². The summed E-state index contributed by atoms with van der Waals surface area (Å²) >= 11 is 0. The van der Waals surface area contributed by atoms with E-state index < -0.39 is 0 Å². The number of hydrogen-bond acceptors (Lipinski definition) is 3. The second-order valence-corrected chi connectivity index (χ2v) is 5.69. The van der Waals surface area contributed by atoms with Crippen molar-refractivity contribution in [3.63, 3.8) is 0 Å². The largest absolute Gasteiger partial charge is 0.506 e. The van der Waals surface area contributed by atoms with Crippen molar-refractivity contribution >= 4 is 5.69 Å². The number of nitrogens with one attached hydrogen (secondary N) is 1. The fourth-order valence-electron chi connectivity index (χ4n) is 3.24. The van der Waals surface area contributed by atoms with Crippen molar-refractivity contribution in [2.24, 2.45) is 11.8 Å². The van der Waals surface area contributed by atoms with Crippen LogP contribution in [0.4, 0.5) is 5.69 Å². The highest BCUT2D eigenvalue weighted by Gasteiger charge is 2.30. The molecule has 18 heavy (non-hydrogen) atoms. The number of phenolic OH excluding ortho intramolecular Hbond substituents is 1. The lowest BCUT2D eigenvalue weighted by molar-refractivity contribution is 0.266. The number of anilines is 1. The van der Waals surface area contributed by atoms with Crippen LogP contribution < -0.4 is 10.2 Å². The fourth-order valence-corrected chi connectivity index (χ4v) is 3.24. The summed E-state index contributed by atoms with van der Waals surface area (Å²) in [5, 5.41) is 13.2. The maximum Gasteiger partial charge on any atom is 0.138 e. The summed E-state index contributed by atoms with van der Waals surface area (Å²) < 4.78 is 0. The molecule has 0 spiro atoms. The number of rotatable bonds is 3. The van der Waals surface area contributed by atoms with Gasteiger partial charge in [0.05, 0.1) is 5.69 Å². The van der Waals surface area contributed by atoms with Crippen LogP contribution in [0.2, 0.25) is 0 Å². The third-order valence-corrected chi connectivity index (χ3v) is 4.30. The van der Waals surface area contributed by atoms with Crippen molar-refractivity contribution in [2.75, 3.05) is 31.1 Å². The first-order chi connectivity index (χ1) is 8.83. The summed E-state index contributed by atoms with van der Waals surface area (Å²) in [5.74, 6) is 2.16. The van der Waals surface area contributed by atoms with Gasteiger partial charge in [-0.25, -0.2) is 0 Å². The Labute approximate surface area is 109 Å². The average Bonchev–Trinajstić information content (AvgIpc) is 2.36. The Hall–Kier alpha value is -1.22.